The predicted octanol–water partition coefficient (Wildman–Crippen LogP) is 0.720. The second kappa shape index (κ2) is 4.66. The van der Waals surface area contributed by atoms with E-state index in [1.807, 2.05) is 25.3 Å². The molecule has 0 bridgehead atoms. The molecule has 3 nitrogen and oxygen atoms in total. The van der Waals surface area contributed by atoms with Crippen molar-refractivity contribution in [3.63, 3.8) is 0 Å². The molecule has 0 radical (unpaired) electrons. The van der Waals surface area contributed by atoms with Gasteiger partial charge < -0.3 is 9.74 Å². The zero-order chi connectivity index (χ0) is 9.68. The fraction of sp³-hybridized carbons (Fsp3) is 0.222. The molecule has 1 rings (SSSR count). The normalized spacial score (nSPS) is 16.9. The summed E-state index contributed by atoms with van der Waals surface area (Å²) in [4.78, 5) is 4.20. The van der Waals surface area contributed by atoms with Crippen LogP contribution in [0.2, 0.25) is 6.55 Å². The molecule has 0 amide bonds. The van der Waals surface area contributed by atoms with Crippen molar-refractivity contribution < 1.29 is 4.43 Å². The quantitative estimate of drug-likeness (QED) is 0.657. The molecule has 0 aromatic rings. The lowest BCUT2D eigenvalue weighted by atomic mass is 10.3. The molecule has 1 aliphatic heterocycles. The van der Waals surface area contributed by atoms with Crippen LogP contribution in [-0.4, -0.2) is 22.7 Å². The van der Waals surface area contributed by atoms with Gasteiger partial charge in [0.1, 0.15) is 0 Å². The van der Waals surface area contributed by atoms with E-state index in [9.17, 15) is 0 Å². The summed E-state index contributed by atoms with van der Waals surface area (Å²) in [5.74, 6) is 0.667. The molecule has 0 saturated carbocycles. The minimum atomic E-state index is -0.459. The molecule has 0 spiro atoms. The molecule has 1 heterocycles. The van der Waals surface area contributed by atoms with Crippen LogP contribution in [0.4, 0.5) is 0 Å². The first kappa shape index (κ1) is 9.79. The lowest BCUT2D eigenvalue weighted by Gasteiger charge is -2.00. The number of aliphatic imine (C=N–C) groups is 1. The van der Waals surface area contributed by atoms with E-state index in [2.05, 4.69) is 23.4 Å². The number of hydrogen-bond donors (Lipinski definition) is 1. The largest absolute Gasteiger partial charge is 0.537 e. The Morgan fingerprint density at radius 3 is 2.92 bits per heavy atom. The van der Waals surface area contributed by atoms with Gasteiger partial charge in [-0.3, -0.25) is 0 Å². The zero-order valence-corrected chi connectivity index (χ0v) is 9.42. The maximum Gasteiger partial charge on any atom is 0.218 e. The van der Waals surface area contributed by atoms with Gasteiger partial charge in [-0.05, 0) is 18.7 Å². The van der Waals surface area contributed by atoms with Crippen LogP contribution in [0.1, 0.15) is 0 Å². The molecule has 0 aromatic carbocycles. The number of allylic oxidation sites excluding steroid dienone is 2. The van der Waals surface area contributed by atoms with Crippen molar-refractivity contribution in [2.45, 2.75) is 6.55 Å². The Bertz CT molecular complexity index is 292. The molecule has 0 aliphatic carbocycles. The molecule has 0 unspecified atom stereocenters. The highest BCUT2D eigenvalue weighted by atomic mass is 28.2. The lowest BCUT2D eigenvalue weighted by Crippen LogP contribution is -2.04. The Morgan fingerprint density at radius 2 is 2.31 bits per heavy atom. The fourth-order valence-electron chi connectivity index (χ4n) is 0.984. The van der Waals surface area contributed by atoms with Gasteiger partial charge in [0.05, 0.1) is 5.70 Å². The van der Waals surface area contributed by atoms with Crippen LogP contribution < -0.4 is 5.32 Å². The van der Waals surface area contributed by atoms with Crippen LogP contribution in [0.5, 0.6) is 0 Å². The Kier molecular flexibility index (Phi) is 3.51. The molecule has 0 fully saturated rings. The average molecular weight is 194 g/mol. The maximum absolute atomic E-state index is 5.41. The average Bonchev–Trinajstić information content (AvgIpc) is 2.28. The Morgan fingerprint density at radius 1 is 1.54 bits per heavy atom. The highest BCUT2D eigenvalue weighted by molar-refractivity contribution is 6.29. The van der Waals surface area contributed by atoms with Crippen LogP contribution in [0.25, 0.3) is 0 Å². The van der Waals surface area contributed by atoms with Crippen LogP contribution in [-0.2, 0) is 4.43 Å². The van der Waals surface area contributed by atoms with Gasteiger partial charge in [0, 0.05) is 18.8 Å². The molecule has 0 atom stereocenters. The van der Waals surface area contributed by atoms with Crippen molar-refractivity contribution in [2.24, 2.45) is 4.99 Å². The predicted molar refractivity (Wildman–Crippen MR) is 58.4 cm³/mol. The number of likely N-dealkylation sites (N-methyl/N-ethyl adjacent to an activating group) is 1. The molecule has 13 heavy (non-hydrogen) atoms. The van der Waals surface area contributed by atoms with Gasteiger partial charge in [-0.15, -0.1) is 0 Å². The fourth-order valence-corrected chi connectivity index (χ4v) is 1.44. The lowest BCUT2D eigenvalue weighted by molar-refractivity contribution is 0.600. The minimum absolute atomic E-state index is 0.459. The Balaban J connectivity index is 2.80. The third-order valence-electron chi connectivity index (χ3n) is 1.56. The summed E-state index contributed by atoms with van der Waals surface area (Å²) in [6, 6.07) is 0. The second-order valence-electron chi connectivity index (χ2n) is 2.56. The molecule has 4 heteroatoms. The summed E-state index contributed by atoms with van der Waals surface area (Å²) in [6.45, 7) is 5.86. The van der Waals surface area contributed by atoms with Crippen molar-refractivity contribution in [1.29, 1.82) is 0 Å². The summed E-state index contributed by atoms with van der Waals surface area (Å²) in [5.41, 5.74) is 1.71. The van der Waals surface area contributed by atoms with E-state index in [4.69, 9.17) is 4.43 Å². The molecule has 0 saturated heterocycles. The highest BCUT2D eigenvalue weighted by Crippen LogP contribution is 2.07. The Hall–Kier alpha value is -1.29. The smallest absolute Gasteiger partial charge is 0.218 e. The van der Waals surface area contributed by atoms with Gasteiger partial charge in [0.15, 0.2) is 5.90 Å². The van der Waals surface area contributed by atoms with Crippen molar-refractivity contribution in [3.8, 4) is 0 Å². The van der Waals surface area contributed by atoms with Gasteiger partial charge in [-0.1, -0.05) is 6.58 Å². The van der Waals surface area contributed by atoms with Crippen molar-refractivity contribution in [3.05, 3.63) is 36.2 Å². The molecular weight excluding hydrogens is 180 g/mol. The van der Waals surface area contributed by atoms with E-state index in [-0.39, 0.29) is 0 Å². The van der Waals surface area contributed by atoms with Crippen LogP contribution in [0.15, 0.2) is 41.2 Å². The number of rotatable bonds is 2. The van der Waals surface area contributed by atoms with E-state index in [0.29, 0.717) is 11.6 Å². The summed E-state index contributed by atoms with van der Waals surface area (Å²) < 4.78 is 5.41. The first-order valence-corrected chi connectivity index (χ1v) is 6.23. The molecular formula is C9H14N2OSi. The zero-order valence-electron chi connectivity index (χ0n) is 8.00. The third kappa shape index (κ3) is 2.91. The van der Waals surface area contributed by atoms with E-state index in [0.717, 1.165) is 5.70 Å². The SMILES string of the molecule is C=C1C=C(NC)C=CC(O[SiH2]C)=N1. The highest BCUT2D eigenvalue weighted by Gasteiger charge is 2.00. The van der Waals surface area contributed by atoms with Gasteiger partial charge in [-0.2, -0.15) is 0 Å². The molecule has 0 aromatic heterocycles. The van der Waals surface area contributed by atoms with E-state index in [1.54, 1.807) is 0 Å². The van der Waals surface area contributed by atoms with Crippen molar-refractivity contribution >= 4 is 15.7 Å². The summed E-state index contributed by atoms with van der Waals surface area (Å²) >= 11 is 0. The topological polar surface area (TPSA) is 33.6 Å². The van der Waals surface area contributed by atoms with E-state index >= 15 is 0 Å². The third-order valence-corrected chi connectivity index (χ3v) is 2.15. The first-order chi connectivity index (χ1) is 6.26. The minimum Gasteiger partial charge on any atom is -0.537 e. The van der Waals surface area contributed by atoms with Crippen molar-refractivity contribution in [1.82, 2.24) is 5.32 Å². The van der Waals surface area contributed by atoms with Gasteiger partial charge in [0.2, 0.25) is 9.76 Å². The van der Waals surface area contributed by atoms with Crippen molar-refractivity contribution in [2.75, 3.05) is 7.05 Å². The van der Waals surface area contributed by atoms with E-state index in [1.165, 1.54) is 0 Å². The number of hydrogen-bond acceptors (Lipinski definition) is 3. The van der Waals surface area contributed by atoms with Crippen LogP contribution in [0.3, 0.4) is 0 Å². The monoisotopic (exact) mass is 194 g/mol. The second-order valence-corrected chi connectivity index (χ2v) is 3.42. The molecule has 1 aliphatic rings. The summed E-state index contributed by atoms with van der Waals surface area (Å²) in [5, 5.41) is 3.03. The first-order valence-electron chi connectivity index (χ1n) is 4.24. The van der Waals surface area contributed by atoms with Crippen LogP contribution in [0, 0.1) is 0 Å². The summed E-state index contributed by atoms with van der Waals surface area (Å²) in [7, 11) is 1.41. The number of nitrogens with one attached hydrogen (secondary N) is 1. The van der Waals surface area contributed by atoms with Gasteiger partial charge in [0.25, 0.3) is 0 Å². The van der Waals surface area contributed by atoms with Gasteiger partial charge in [-0.25, -0.2) is 4.99 Å². The van der Waals surface area contributed by atoms with E-state index < -0.39 is 9.76 Å². The molecule has 70 valence electrons. The summed E-state index contributed by atoms with van der Waals surface area (Å²) in [6.07, 6.45) is 5.67. The number of nitrogens with zero attached hydrogens (tertiary/aromatic N) is 1. The maximum atomic E-state index is 5.41. The molecule has 1 N–H and O–H groups in total. The standard InChI is InChI=1S/C9H14N2OSi/c1-7-6-8(10-2)4-5-9(11-7)12-13-3/h4-6,10H,1,13H2,2-3H3. The van der Waals surface area contributed by atoms with Crippen LogP contribution >= 0.6 is 0 Å². The van der Waals surface area contributed by atoms with Gasteiger partial charge >= 0.3 is 0 Å². The Labute approximate surface area is 80.8 Å².